The van der Waals surface area contributed by atoms with Crippen LogP contribution < -0.4 is 0 Å². The summed E-state index contributed by atoms with van der Waals surface area (Å²) < 4.78 is 13.9. The Labute approximate surface area is 136 Å². The molecule has 23 heavy (non-hydrogen) atoms. The van der Waals surface area contributed by atoms with E-state index in [0.717, 1.165) is 25.8 Å². The molecule has 1 amide bonds. The van der Waals surface area contributed by atoms with Crippen LogP contribution >= 0.6 is 0 Å². The molecule has 2 fully saturated rings. The first-order chi connectivity index (χ1) is 11.1. The molecule has 1 aliphatic carbocycles. The lowest BCUT2D eigenvalue weighted by Gasteiger charge is -2.39. The third-order valence-corrected chi connectivity index (χ3v) is 4.97. The van der Waals surface area contributed by atoms with Crippen molar-refractivity contribution < 1.29 is 14.3 Å². The summed E-state index contributed by atoms with van der Waals surface area (Å²) in [6, 6.07) is 7.24. The third-order valence-electron chi connectivity index (χ3n) is 4.97. The molecule has 0 spiro atoms. The van der Waals surface area contributed by atoms with Crippen LogP contribution in [0.4, 0.5) is 4.39 Å². The van der Waals surface area contributed by atoms with Crippen LogP contribution in [0, 0.1) is 5.82 Å². The van der Waals surface area contributed by atoms with E-state index in [0.29, 0.717) is 37.7 Å². The average Bonchev–Trinajstić information content (AvgIpc) is 2.84. The molecule has 1 aromatic rings. The Kier molecular flexibility index (Phi) is 5.28. The Morgan fingerprint density at radius 1 is 1.30 bits per heavy atom. The van der Waals surface area contributed by atoms with Crippen molar-refractivity contribution >= 4 is 5.91 Å². The van der Waals surface area contributed by atoms with E-state index in [1.165, 1.54) is 12.5 Å². The number of likely N-dealkylation sites (tertiary alicyclic amines) is 1. The van der Waals surface area contributed by atoms with E-state index in [1.807, 2.05) is 6.07 Å². The molecule has 2 aliphatic rings. The maximum atomic E-state index is 13.9. The predicted octanol–water partition coefficient (Wildman–Crippen LogP) is 2.16. The number of β-amino-alcohol motifs (C(OH)–C–C–N with tert-alkyl or cyclic N) is 1. The normalized spacial score (nSPS) is 20.1. The highest BCUT2D eigenvalue weighted by atomic mass is 19.1. The molecule has 126 valence electrons. The zero-order valence-electron chi connectivity index (χ0n) is 13.5. The SMILES string of the molecule is O=C1CCCN1CC(O)CN(Cc1ccccc1F)C1CCC1. The highest BCUT2D eigenvalue weighted by molar-refractivity contribution is 5.78. The van der Waals surface area contributed by atoms with Gasteiger partial charge in [0.2, 0.25) is 5.91 Å². The number of nitrogens with zero attached hydrogens (tertiary/aromatic N) is 2. The number of amides is 1. The fraction of sp³-hybridized carbons (Fsp3) is 0.611. The zero-order valence-corrected chi connectivity index (χ0v) is 13.5. The van der Waals surface area contributed by atoms with Gasteiger partial charge in [0.05, 0.1) is 6.10 Å². The predicted molar refractivity (Wildman–Crippen MR) is 86.3 cm³/mol. The van der Waals surface area contributed by atoms with Gasteiger partial charge in [-0.15, -0.1) is 0 Å². The van der Waals surface area contributed by atoms with Gasteiger partial charge in [0.1, 0.15) is 5.82 Å². The van der Waals surface area contributed by atoms with E-state index in [4.69, 9.17) is 0 Å². The summed E-state index contributed by atoms with van der Waals surface area (Å²) in [4.78, 5) is 15.6. The number of hydrogen-bond acceptors (Lipinski definition) is 3. The van der Waals surface area contributed by atoms with Gasteiger partial charge in [0, 0.05) is 44.2 Å². The van der Waals surface area contributed by atoms with E-state index in [2.05, 4.69) is 4.90 Å². The van der Waals surface area contributed by atoms with Crippen LogP contribution in [0.2, 0.25) is 0 Å². The highest BCUT2D eigenvalue weighted by Gasteiger charge is 2.29. The summed E-state index contributed by atoms with van der Waals surface area (Å²) in [5.41, 5.74) is 0.670. The minimum atomic E-state index is -0.579. The standard InChI is InChI=1S/C18H25FN2O2/c19-17-8-2-1-5-14(17)11-21(15-6-3-7-15)13-16(22)12-20-10-4-9-18(20)23/h1-2,5,8,15-16,22H,3-4,6-7,9-13H2. The van der Waals surface area contributed by atoms with Crippen molar-refractivity contribution in [2.24, 2.45) is 0 Å². The van der Waals surface area contributed by atoms with Crippen LogP contribution in [0.5, 0.6) is 0 Å². The second-order valence-electron chi connectivity index (χ2n) is 6.70. The number of aliphatic hydroxyl groups is 1. The maximum Gasteiger partial charge on any atom is 0.222 e. The van der Waals surface area contributed by atoms with Gasteiger partial charge < -0.3 is 10.0 Å². The molecule has 1 unspecified atom stereocenters. The summed E-state index contributed by atoms with van der Waals surface area (Å²) in [7, 11) is 0. The van der Waals surface area contributed by atoms with E-state index in [1.54, 1.807) is 17.0 Å². The average molecular weight is 320 g/mol. The van der Waals surface area contributed by atoms with E-state index >= 15 is 0 Å². The molecule has 0 aromatic heterocycles. The van der Waals surface area contributed by atoms with Crippen LogP contribution in [0.1, 0.15) is 37.7 Å². The Balaban J connectivity index is 1.60. The summed E-state index contributed by atoms with van der Waals surface area (Å²) in [5, 5.41) is 10.4. The number of carbonyl (C=O) groups is 1. The summed E-state index contributed by atoms with van der Waals surface area (Å²) >= 11 is 0. The summed E-state index contributed by atoms with van der Waals surface area (Å²) in [6.45, 7) is 2.14. The van der Waals surface area contributed by atoms with Gasteiger partial charge >= 0.3 is 0 Å². The van der Waals surface area contributed by atoms with E-state index < -0.39 is 6.10 Å². The number of hydrogen-bond donors (Lipinski definition) is 1. The second kappa shape index (κ2) is 7.41. The van der Waals surface area contributed by atoms with Crippen molar-refractivity contribution in [1.29, 1.82) is 0 Å². The van der Waals surface area contributed by atoms with E-state index in [-0.39, 0.29) is 11.7 Å². The Hall–Kier alpha value is -1.46. The van der Waals surface area contributed by atoms with Gasteiger partial charge in [-0.2, -0.15) is 0 Å². The Morgan fingerprint density at radius 3 is 2.70 bits per heavy atom. The Bertz CT molecular complexity index is 548. The molecule has 1 saturated heterocycles. The molecule has 1 heterocycles. The number of benzene rings is 1. The van der Waals surface area contributed by atoms with Crippen LogP contribution in [-0.2, 0) is 11.3 Å². The van der Waals surface area contributed by atoms with Gasteiger partial charge in [0.15, 0.2) is 0 Å². The molecule has 1 aromatic carbocycles. The smallest absolute Gasteiger partial charge is 0.222 e. The van der Waals surface area contributed by atoms with Gasteiger partial charge in [-0.05, 0) is 25.3 Å². The van der Waals surface area contributed by atoms with Gasteiger partial charge in [-0.25, -0.2) is 4.39 Å². The summed E-state index contributed by atoms with van der Waals surface area (Å²) in [5.74, 6) is -0.0608. The minimum Gasteiger partial charge on any atom is -0.390 e. The zero-order chi connectivity index (χ0) is 16.2. The molecule has 1 N–H and O–H groups in total. The van der Waals surface area contributed by atoms with Crippen molar-refractivity contribution in [2.45, 2.75) is 50.8 Å². The summed E-state index contributed by atoms with van der Waals surface area (Å²) in [6.07, 6.45) is 4.29. The molecule has 0 radical (unpaired) electrons. The molecule has 1 aliphatic heterocycles. The van der Waals surface area contributed by atoms with Crippen molar-refractivity contribution in [3.05, 3.63) is 35.6 Å². The fourth-order valence-electron chi connectivity index (χ4n) is 3.42. The van der Waals surface area contributed by atoms with Crippen molar-refractivity contribution in [3.8, 4) is 0 Å². The molecule has 4 nitrogen and oxygen atoms in total. The topological polar surface area (TPSA) is 43.8 Å². The monoisotopic (exact) mass is 320 g/mol. The van der Waals surface area contributed by atoms with Crippen LogP contribution in [0.25, 0.3) is 0 Å². The lowest BCUT2D eigenvalue weighted by molar-refractivity contribution is -0.129. The second-order valence-corrected chi connectivity index (χ2v) is 6.70. The number of rotatable bonds is 7. The van der Waals surface area contributed by atoms with Gasteiger partial charge in [-0.1, -0.05) is 24.6 Å². The minimum absolute atomic E-state index is 0.133. The fourth-order valence-corrected chi connectivity index (χ4v) is 3.42. The van der Waals surface area contributed by atoms with Crippen LogP contribution in [-0.4, -0.2) is 52.6 Å². The van der Waals surface area contributed by atoms with Crippen molar-refractivity contribution in [3.63, 3.8) is 0 Å². The molecule has 1 atom stereocenters. The van der Waals surface area contributed by atoms with Crippen LogP contribution in [0.15, 0.2) is 24.3 Å². The molecular weight excluding hydrogens is 295 g/mol. The van der Waals surface area contributed by atoms with E-state index in [9.17, 15) is 14.3 Å². The molecule has 0 bridgehead atoms. The van der Waals surface area contributed by atoms with Crippen molar-refractivity contribution in [2.75, 3.05) is 19.6 Å². The quantitative estimate of drug-likeness (QED) is 0.837. The lowest BCUT2D eigenvalue weighted by Crippen LogP contribution is -2.46. The molecule has 5 heteroatoms. The van der Waals surface area contributed by atoms with Gasteiger partial charge in [-0.3, -0.25) is 9.69 Å². The Morgan fingerprint density at radius 2 is 2.09 bits per heavy atom. The largest absolute Gasteiger partial charge is 0.390 e. The molecular formula is C18H25FN2O2. The number of aliphatic hydroxyl groups excluding tert-OH is 1. The van der Waals surface area contributed by atoms with Crippen molar-refractivity contribution in [1.82, 2.24) is 9.80 Å². The lowest BCUT2D eigenvalue weighted by atomic mass is 9.90. The highest BCUT2D eigenvalue weighted by Crippen LogP contribution is 2.27. The van der Waals surface area contributed by atoms with Crippen LogP contribution in [0.3, 0.4) is 0 Å². The number of halogens is 1. The first kappa shape index (κ1) is 16.4. The maximum absolute atomic E-state index is 13.9. The molecule has 3 rings (SSSR count). The molecule has 1 saturated carbocycles. The third kappa shape index (κ3) is 4.09. The first-order valence-electron chi connectivity index (χ1n) is 8.57. The van der Waals surface area contributed by atoms with Gasteiger partial charge in [0.25, 0.3) is 0 Å². The number of carbonyl (C=O) groups excluding carboxylic acids is 1. The first-order valence-corrected chi connectivity index (χ1v) is 8.57.